The van der Waals surface area contributed by atoms with Crippen molar-refractivity contribution >= 4 is 11.8 Å². The summed E-state index contributed by atoms with van der Waals surface area (Å²) in [4.78, 5) is 22.2. The van der Waals surface area contributed by atoms with Crippen LogP contribution in [0.4, 0.5) is 13.2 Å². The molecule has 0 aliphatic heterocycles. The van der Waals surface area contributed by atoms with Gasteiger partial charge in [-0.15, -0.1) is 0 Å². The summed E-state index contributed by atoms with van der Waals surface area (Å²) in [5.41, 5.74) is -0.109. The van der Waals surface area contributed by atoms with Crippen molar-refractivity contribution in [1.82, 2.24) is 0 Å². The zero-order valence-corrected chi connectivity index (χ0v) is 13.5. The van der Waals surface area contributed by atoms with Crippen molar-refractivity contribution < 1.29 is 46.5 Å². The van der Waals surface area contributed by atoms with E-state index in [1.807, 2.05) is 0 Å². The van der Waals surface area contributed by atoms with E-state index in [4.69, 9.17) is 23.7 Å². The lowest BCUT2D eigenvalue weighted by molar-refractivity contribution is -0.0900. The molecular formula is C16H13F3O7. The van der Waals surface area contributed by atoms with E-state index in [9.17, 15) is 22.8 Å². The summed E-state index contributed by atoms with van der Waals surface area (Å²) in [5.74, 6) is -4.13. The van der Waals surface area contributed by atoms with Crippen LogP contribution < -0.4 is 14.2 Å². The Labute approximate surface area is 144 Å². The van der Waals surface area contributed by atoms with Crippen LogP contribution in [0.25, 0.3) is 0 Å². The van der Waals surface area contributed by atoms with Crippen LogP contribution >= 0.6 is 0 Å². The molecule has 0 aliphatic rings. The van der Waals surface area contributed by atoms with E-state index in [0.29, 0.717) is 0 Å². The Kier molecular flexibility index (Phi) is 5.44. The van der Waals surface area contributed by atoms with Crippen LogP contribution in [0, 0.1) is 0 Å². The molecule has 10 heteroatoms. The summed E-state index contributed by atoms with van der Waals surface area (Å²) in [6.45, 7) is -0.343. The molecule has 2 aromatic rings. The molecule has 1 aromatic carbocycles. The minimum absolute atomic E-state index is 0.0279. The van der Waals surface area contributed by atoms with Gasteiger partial charge in [0.05, 0.1) is 19.8 Å². The molecule has 140 valence electrons. The Hall–Kier alpha value is -3.17. The first kappa shape index (κ1) is 19.2. The minimum Gasteiger partial charge on any atom is -0.493 e. The number of ketones is 1. The number of carbonyl (C=O) groups is 2. The third-order valence-corrected chi connectivity index (χ3v) is 3.21. The maximum atomic E-state index is 12.4. The zero-order valence-electron chi connectivity index (χ0n) is 13.5. The van der Waals surface area contributed by atoms with Crippen LogP contribution in [0.1, 0.15) is 26.7 Å². The van der Waals surface area contributed by atoms with Gasteiger partial charge in [0, 0.05) is 0 Å². The number of benzene rings is 1. The lowest BCUT2D eigenvalue weighted by Gasteiger charge is -2.14. The molecule has 26 heavy (non-hydrogen) atoms. The fourth-order valence-corrected chi connectivity index (χ4v) is 2.01. The number of ether oxygens (including phenoxy) is 3. The number of Topliss-reactive ketones (excluding diaryl/α,β-unsaturated/α-hetero) is 1. The summed E-state index contributed by atoms with van der Waals surface area (Å²) in [7, 11) is 2.56. The Morgan fingerprint density at radius 3 is 2.15 bits per heavy atom. The number of hydrogen-bond acceptors (Lipinski definition) is 6. The SMILES string of the molecule is COc1cc(C(=O)O)cc(OC)c1OCc1ccc(C(=O)C(F)(F)F)o1. The van der Waals surface area contributed by atoms with Crippen LogP contribution in [0.3, 0.4) is 0 Å². The monoisotopic (exact) mass is 374 g/mol. The van der Waals surface area contributed by atoms with Crippen LogP contribution in [0.15, 0.2) is 28.7 Å². The fraction of sp³-hybridized carbons (Fsp3) is 0.250. The summed E-state index contributed by atoms with van der Waals surface area (Å²) in [5, 5.41) is 9.05. The lowest BCUT2D eigenvalue weighted by Crippen LogP contribution is -2.22. The van der Waals surface area contributed by atoms with E-state index < -0.39 is 23.7 Å². The van der Waals surface area contributed by atoms with Gasteiger partial charge in [-0.1, -0.05) is 0 Å². The molecule has 0 radical (unpaired) electrons. The number of halogens is 3. The van der Waals surface area contributed by atoms with E-state index in [1.165, 1.54) is 26.4 Å². The van der Waals surface area contributed by atoms with Crippen molar-refractivity contribution in [2.75, 3.05) is 14.2 Å². The van der Waals surface area contributed by atoms with Crippen molar-refractivity contribution in [2.24, 2.45) is 0 Å². The number of hydrogen-bond donors (Lipinski definition) is 1. The minimum atomic E-state index is -5.05. The largest absolute Gasteiger partial charge is 0.493 e. The standard InChI is InChI=1S/C16H13F3O7/c1-23-11-5-8(15(21)22)6-12(24-2)13(11)25-7-9-3-4-10(26-9)14(20)16(17,18)19/h3-6H,7H2,1-2H3,(H,21,22). The Morgan fingerprint density at radius 2 is 1.69 bits per heavy atom. The van der Waals surface area contributed by atoms with Gasteiger partial charge < -0.3 is 23.7 Å². The smallest absolute Gasteiger partial charge is 0.458 e. The van der Waals surface area contributed by atoms with Crippen LogP contribution in [-0.2, 0) is 6.61 Å². The average molecular weight is 374 g/mol. The average Bonchev–Trinajstić information content (AvgIpc) is 3.06. The Bertz CT molecular complexity index is 798. The molecule has 0 fully saturated rings. The molecule has 1 aromatic heterocycles. The molecule has 1 heterocycles. The van der Waals surface area contributed by atoms with Gasteiger partial charge in [0.25, 0.3) is 0 Å². The van der Waals surface area contributed by atoms with Crippen molar-refractivity contribution in [3.63, 3.8) is 0 Å². The van der Waals surface area contributed by atoms with E-state index in [2.05, 4.69) is 0 Å². The number of rotatable bonds is 7. The number of methoxy groups -OCH3 is 2. The predicted octanol–water partition coefficient (Wildman–Crippen LogP) is 3.32. The molecule has 1 N–H and O–H groups in total. The van der Waals surface area contributed by atoms with Gasteiger partial charge in [-0.3, -0.25) is 4.79 Å². The van der Waals surface area contributed by atoms with E-state index in [1.54, 1.807) is 0 Å². The van der Waals surface area contributed by atoms with E-state index in [-0.39, 0.29) is 35.2 Å². The van der Waals surface area contributed by atoms with Crippen molar-refractivity contribution in [3.05, 3.63) is 41.3 Å². The number of carbonyl (C=O) groups excluding carboxylic acids is 1. The van der Waals surface area contributed by atoms with E-state index >= 15 is 0 Å². The Balaban J connectivity index is 2.23. The quantitative estimate of drug-likeness (QED) is 0.743. The van der Waals surface area contributed by atoms with Crippen LogP contribution in [0.2, 0.25) is 0 Å². The summed E-state index contributed by atoms with van der Waals surface area (Å²) in [6.07, 6.45) is -5.05. The second kappa shape index (κ2) is 7.38. The van der Waals surface area contributed by atoms with Gasteiger partial charge in [0.2, 0.25) is 5.75 Å². The molecule has 0 spiro atoms. The van der Waals surface area contributed by atoms with Crippen molar-refractivity contribution in [1.29, 1.82) is 0 Å². The van der Waals surface area contributed by atoms with Gasteiger partial charge in [0.1, 0.15) is 12.4 Å². The normalized spacial score (nSPS) is 11.1. The van der Waals surface area contributed by atoms with Gasteiger partial charge in [-0.2, -0.15) is 13.2 Å². The summed E-state index contributed by atoms with van der Waals surface area (Å²) < 4.78 is 57.5. The first-order chi connectivity index (χ1) is 12.2. The molecule has 0 saturated heterocycles. The third-order valence-electron chi connectivity index (χ3n) is 3.21. The lowest BCUT2D eigenvalue weighted by atomic mass is 10.2. The highest BCUT2D eigenvalue weighted by atomic mass is 19.4. The van der Waals surface area contributed by atoms with Crippen LogP contribution in [0.5, 0.6) is 17.2 Å². The summed E-state index contributed by atoms with van der Waals surface area (Å²) in [6, 6.07) is 4.43. The predicted molar refractivity (Wildman–Crippen MR) is 79.9 cm³/mol. The highest BCUT2D eigenvalue weighted by molar-refractivity contribution is 5.97. The maximum absolute atomic E-state index is 12.4. The number of alkyl halides is 3. The highest BCUT2D eigenvalue weighted by Crippen LogP contribution is 2.39. The number of furan rings is 1. The van der Waals surface area contributed by atoms with Crippen molar-refractivity contribution in [3.8, 4) is 17.2 Å². The first-order valence-electron chi connectivity index (χ1n) is 6.99. The molecule has 0 aliphatic carbocycles. The fourth-order valence-electron chi connectivity index (χ4n) is 2.01. The maximum Gasteiger partial charge on any atom is 0.458 e. The molecule has 0 atom stereocenters. The number of aromatic carboxylic acids is 1. The first-order valence-corrected chi connectivity index (χ1v) is 6.99. The summed E-state index contributed by atoms with van der Waals surface area (Å²) >= 11 is 0. The van der Waals surface area contributed by atoms with Gasteiger partial charge in [-0.25, -0.2) is 4.79 Å². The second-order valence-electron chi connectivity index (χ2n) is 4.90. The zero-order chi connectivity index (χ0) is 19.5. The topological polar surface area (TPSA) is 95.2 Å². The van der Waals surface area contributed by atoms with Gasteiger partial charge in [0.15, 0.2) is 17.3 Å². The van der Waals surface area contributed by atoms with Crippen LogP contribution in [-0.4, -0.2) is 37.3 Å². The second-order valence-corrected chi connectivity index (χ2v) is 4.90. The molecule has 0 unspecified atom stereocenters. The van der Waals surface area contributed by atoms with Gasteiger partial charge >= 0.3 is 17.9 Å². The van der Waals surface area contributed by atoms with Gasteiger partial charge in [-0.05, 0) is 24.3 Å². The molecule has 7 nitrogen and oxygen atoms in total. The van der Waals surface area contributed by atoms with E-state index in [0.717, 1.165) is 12.1 Å². The molecule has 0 saturated carbocycles. The number of carboxylic acid groups (broad SMARTS) is 1. The van der Waals surface area contributed by atoms with Crippen molar-refractivity contribution in [2.45, 2.75) is 12.8 Å². The molecule has 0 amide bonds. The number of carboxylic acids is 1. The third kappa shape index (κ3) is 4.08. The Morgan fingerprint density at radius 1 is 1.12 bits per heavy atom. The molecule has 0 bridgehead atoms. The molecular weight excluding hydrogens is 361 g/mol. The molecule has 2 rings (SSSR count). The highest BCUT2D eigenvalue weighted by Gasteiger charge is 2.41.